The van der Waals surface area contributed by atoms with E-state index in [1.165, 1.54) is 11.1 Å². The van der Waals surface area contributed by atoms with E-state index in [2.05, 4.69) is 10.1 Å². The number of fused-ring (bicyclic) bond motifs is 1. The monoisotopic (exact) mass is 412 g/mol. The average Bonchev–Trinajstić information content (AvgIpc) is 3.20. The van der Waals surface area contributed by atoms with Gasteiger partial charge in [-0.15, -0.1) is 0 Å². The predicted octanol–water partition coefficient (Wildman–Crippen LogP) is 2.30. The molecule has 0 spiro atoms. The van der Waals surface area contributed by atoms with Crippen molar-refractivity contribution in [3.05, 3.63) is 69.8 Å². The number of nitrogens with zero attached hydrogens (tertiary/aromatic N) is 3. The first-order valence-corrected chi connectivity index (χ1v) is 9.74. The van der Waals surface area contributed by atoms with Gasteiger partial charge in [0.05, 0.1) is 6.61 Å². The van der Waals surface area contributed by atoms with Gasteiger partial charge < -0.3 is 9.64 Å². The van der Waals surface area contributed by atoms with Crippen LogP contribution in [0, 0.1) is 0 Å². The highest BCUT2D eigenvalue weighted by Gasteiger charge is 2.38. The molecule has 0 aliphatic carbocycles. The van der Waals surface area contributed by atoms with Crippen molar-refractivity contribution >= 4 is 17.5 Å². The van der Waals surface area contributed by atoms with E-state index < -0.39 is 23.1 Å². The van der Waals surface area contributed by atoms with Gasteiger partial charge in [0, 0.05) is 38.3 Å². The molecule has 0 saturated carbocycles. The number of benzene rings is 1. The maximum Gasteiger partial charge on any atom is 0.343 e. The van der Waals surface area contributed by atoms with Crippen LogP contribution in [0.2, 0.25) is 0 Å². The van der Waals surface area contributed by atoms with Gasteiger partial charge in [0.25, 0.3) is 11.5 Å². The van der Waals surface area contributed by atoms with Crippen LogP contribution in [0.4, 0.5) is 4.39 Å². The molecule has 156 valence electrons. The average molecular weight is 412 g/mol. The third-order valence-corrected chi connectivity index (χ3v) is 5.40. The van der Waals surface area contributed by atoms with Gasteiger partial charge in [0.15, 0.2) is 5.65 Å². The van der Waals surface area contributed by atoms with Crippen molar-refractivity contribution in [1.29, 1.82) is 0 Å². The minimum atomic E-state index is -1.50. The lowest BCUT2D eigenvalue weighted by atomic mass is 9.86. The zero-order valence-corrected chi connectivity index (χ0v) is 16.4. The number of carbonyl (C=O) groups is 2. The quantitative estimate of drug-likeness (QED) is 0.664. The van der Waals surface area contributed by atoms with E-state index in [4.69, 9.17) is 4.74 Å². The number of hydrogen-bond donors (Lipinski definition) is 1. The number of aromatic nitrogens is 3. The first-order chi connectivity index (χ1) is 14.4. The molecule has 3 heterocycles. The van der Waals surface area contributed by atoms with Gasteiger partial charge in [0.2, 0.25) is 0 Å². The topological polar surface area (TPSA) is 96.8 Å². The number of esters is 1. The normalized spacial score (nSPS) is 15.9. The number of aromatic amines is 1. The second kappa shape index (κ2) is 7.74. The van der Waals surface area contributed by atoms with Gasteiger partial charge in [-0.25, -0.2) is 18.7 Å². The van der Waals surface area contributed by atoms with Crippen LogP contribution in [0.25, 0.3) is 5.65 Å². The maximum absolute atomic E-state index is 15.3. The summed E-state index contributed by atoms with van der Waals surface area (Å²) in [6, 6.07) is 8.89. The van der Waals surface area contributed by atoms with Crippen molar-refractivity contribution in [2.75, 3.05) is 19.7 Å². The molecule has 3 aromatic rings. The van der Waals surface area contributed by atoms with Gasteiger partial charge in [-0.1, -0.05) is 30.3 Å². The van der Waals surface area contributed by atoms with Crippen LogP contribution in [0.3, 0.4) is 0 Å². The van der Waals surface area contributed by atoms with Gasteiger partial charge in [-0.3, -0.25) is 14.7 Å². The first kappa shape index (κ1) is 19.8. The summed E-state index contributed by atoms with van der Waals surface area (Å²) in [5.74, 6) is -1.12. The highest BCUT2D eigenvalue weighted by Crippen LogP contribution is 2.37. The number of likely N-dealkylation sites (tertiary alicyclic amines) is 1. The number of amides is 1. The lowest BCUT2D eigenvalue weighted by molar-refractivity contribution is 0.0419. The molecule has 30 heavy (non-hydrogen) atoms. The van der Waals surface area contributed by atoms with Crippen LogP contribution < -0.4 is 5.56 Å². The Balaban J connectivity index is 1.55. The minimum Gasteiger partial charge on any atom is -0.462 e. The van der Waals surface area contributed by atoms with E-state index in [0.717, 1.165) is 10.7 Å². The molecule has 1 N–H and O–H groups in total. The van der Waals surface area contributed by atoms with Crippen molar-refractivity contribution in [3.63, 3.8) is 0 Å². The van der Waals surface area contributed by atoms with E-state index in [9.17, 15) is 14.4 Å². The molecule has 1 aliphatic heterocycles. The Morgan fingerprint density at radius 2 is 1.90 bits per heavy atom. The molecule has 1 fully saturated rings. The number of carbonyl (C=O) groups excluding carboxylic acids is 2. The van der Waals surface area contributed by atoms with E-state index in [1.54, 1.807) is 31.2 Å². The summed E-state index contributed by atoms with van der Waals surface area (Å²) in [6.07, 6.45) is 2.77. The zero-order chi connectivity index (χ0) is 21.3. The fourth-order valence-corrected chi connectivity index (χ4v) is 3.72. The van der Waals surface area contributed by atoms with Crippen LogP contribution >= 0.6 is 0 Å². The third-order valence-electron chi connectivity index (χ3n) is 5.40. The van der Waals surface area contributed by atoms with Crippen molar-refractivity contribution in [3.8, 4) is 0 Å². The Kier molecular flexibility index (Phi) is 5.11. The first-order valence-electron chi connectivity index (χ1n) is 9.74. The van der Waals surface area contributed by atoms with Crippen LogP contribution in [0.5, 0.6) is 0 Å². The number of rotatable bonds is 4. The van der Waals surface area contributed by atoms with Gasteiger partial charge in [-0.2, -0.15) is 0 Å². The second-order valence-electron chi connectivity index (χ2n) is 7.17. The fourth-order valence-electron chi connectivity index (χ4n) is 3.72. The summed E-state index contributed by atoms with van der Waals surface area (Å²) in [5.41, 5.74) is -1.48. The lowest BCUT2D eigenvalue weighted by Crippen LogP contribution is -2.45. The minimum absolute atomic E-state index is 0.0838. The van der Waals surface area contributed by atoms with Crippen molar-refractivity contribution in [2.24, 2.45) is 0 Å². The maximum atomic E-state index is 15.3. The van der Waals surface area contributed by atoms with Gasteiger partial charge in [-0.05, 0) is 12.5 Å². The summed E-state index contributed by atoms with van der Waals surface area (Å²) in [4.78, 5) is 43.2. The summed E-state index contributed by atoms with van der Waals surface area (Å²) in [6.45, 7) is 2.23. The number of ether oxygens (including phenoxy) is 1. The van der Waals surface area contributed by atoms with E-state index in [-0.39, 0.29) is 49.3 Å². The Morgan fingerprint density at radius 3 is 2.57 bits per heavy atom. The molecule has 1 aliphatic rings. The molecule has 0 unspecified atom stereocenters. The van der Waals surface area contributed by atoms with E-state index in [0.29, 0.717) is 5.56 Å². The number of hydrogen-bond acceptors (Lipinski definition) is 5. The second-order valence-corrected chi connectivity index (χ2v) is 7.17. The Hall–Kier alpha value is -3.49. The Labute approximate surface area is 171 Å². The van der Waals surface area contributed by atoms with Gasteiger partial charge in [0.1, 0.15) is 16.8 Å². The highest BCUT2D eigenvalue weighted by atomic mass is 19.1. The zero-order valence-electron chi connectivity index (χ0n) is 16.4. The lowest BCUT2D eigenvalue weighted by Gasteiger charge is -2.36. The fraction of sp³-hybridized carbons (Fsp3) is 0.333. The van der Waals surface area contributed by atoms with E-state index >= 15 is 4.39 Å². The number of nitrogens with one attached hydrogen (secondary N) is 1. The molecular formula is C21H21FN4O4. The summed E-state index contributed by atoms with van der Waals surface area (Å²) in [5, 5.41) is 2.64. The number of halogens is 1. The van der Waals surface area contributed by atoms with Crippen LogP contribution in [0.1, 0.15) is 46.0 Å². The molecule has 1 saturated heterocycles. The van der Waals surface area contributed by atoms with Gasteiger partial charge >= 0.3 is 5.97 Å². The summed E-state index contributed by atoms with van der Waals surface area (Å²) < 4.78 is 21.3. The van der Waals surface area contributed by atoms with E-state index in [1.807, 2.05) is 6.07 Å². The van der Waals surface area contributed by atoms with Crippen LogP contribution in [-0.2, 0) is 10.4 Å². The number of piperidine rings is 1. The molecule has 2 aromatic heterocycles. The summed E-state index contributed by atoms with van der Waals surface area (Å²) >= 11 is 0. The highest BCUT2D eigenvalue weighted by molar-refractivity contribution is 5.97. The number of alkyl halides is 1. The molecule has 4 rings (SSSR count). The van der Waals surface area contributed by atoms with Crippen molar-refractivity contribution in [1.82, 2.24) is 19.5 Å². The molecule has 9 heteroatoms. The van der Waals surface area contributed by atoms with Crippen molar-refractivity contribution < 1.29 is 18.7 Å². The largest absolute Gasteiger partial charge is 0.462 e. The van der Waals surface area contributed by atoms with Crippen LogP contribution in [0.15, 0.2) is 47.5 Å². The SMILES string of the molecule is CCOC(=O)c1c[nH]n2c(=O)c(C(=O)N3CCC(F)(c4ccccc4)CC3)cnc12. The Morgan fingerprint density at radius 1 is 1.20 bits per heavy atom. The van der Waals surface area contributed by atoms with Crippen LogP contribution in [-0.4, -0.2) is 51.1 Å². The molecule has 1 amide bonds. The smallest absolute Gasteiger partial charge is 0.343 e. The van der Waals surface area contributed by atoms with Crippen molar-refractivity contribution in [2.45, 2.75) is 25.4 Å². The molecule has 0 bridgehead atoms. The number of H-pyrrole nitrogens is 1. The standard InChI is InChI=1S/C21H21FN4O4/c1-2-30-20(29)15-13-24-26-17(15)23-12-16(19(26)28)18(27)25-10-8-21(22,9-11-25)14-6-4-3-5-7-14/h3-7,12-13,24H,2,8-11H2,1H3. The summed E-state index contributed by atoms with van der Waals surface area (Å²) in [7, 11) is 0. The molecular weight excluding hydrogens is 391 g/mol. The Bertz CT molecular complexity index is 1150. The third kappa shape index (κ3) is 3.36. The molecule has 0 atom stereocenters. The predicted molar refractivity (Wildman–Crippen MR) is 106 cm³/mol. The molecule has 8 nitrogen and oxygen atoms in total. The molecule has 1 aromatic carbocycles. The molecule has 0 radical (unpaired) electrons.